The van der Waals surface area contributed by atoms with Gasteiger partial charge in [0.25, 0.3) is 5.91 Å². The first-order valence-electron chi connectivity index (χ1n) is 7.43. The molecule has 4 heteroatoms. The monoisotopic (exact) mass is 297 g/mol. The predicted octanol–water partition coefficient (Wildman–Crippen LogP) is 3.12. The molecule has 0 bridgehead atoms. The van der Waals surface area contributed by atoms with Crippen LogP contribution in [-0.2, 0) is 0 Å². The molecule has 4 nitrogen and oxygen atoms in total. The number of nitrogens with zero attached hydrogens (tertiary/aromatic N) is 1. The standard InChI is InChI=1S/C18H19NO3/c1-12-7-15(13-5-3-2-4-6-13)11-19(12)18(22)14-8-16(20)10-17(21)9-14/h2-6,8-10,12,15,20-21H,7,11H2,1H3/t12-,15+/m0/s1. The van der Waals surface area contributed by atoms with E-state index < -0.39 is 0 Å². The second-order valence-corrected chi connectivity index (χ2v) is 5.89. The van der Waals surface area contributed by atoms with Crippen LogP contribution in [0.1, 0.15) is 35.2 Å². The van der Waals surface area contributed by atoms with E-state index >= 15 is 0 Å². The van der Waals surface area contributed by atoms with Crippen LogP contribution in [0, 0.1) is 0 Å². The van der Waals surface area contributed by atoms with Gasteiger partial charge >= 0.3 is 0 Å². The van der Waals surface area contributed by atoms with Gasteiger partial charge in [0.1, 0.15) is 11.5 Å². The molecule has 1 heterocycles. The first-order chi connectivity index (χ1) is 10.5. The second-order valence-electron chi connectivity index (χ2n) is 5.89. The lowest BCUT2D eigenvalue weighted by Gasteiger charge is -2.21. The van der Waals surface area contributed by atoms with Gasteiger partial charge in [-0.2, -0.15) is 0 Å². The number of benzene rings is 2. The van der Waals surface area contributed by atoms with Gasteiger partial charge in [0, 0.05) is 30.1 Å². The largest absolute Gasteiger partial charge is 0.508 e. The fourth-order valence-electron chi connectivity index (χ4n) is 3.17. The highest BCUT2D eigenvalue weighted by atomic mass is 16.3. The summed E-state index contributed by atoms with van der Waals surface area (Å²) in [6, 6.07) is 14.3. The van der Waals surface area contributed by atoms with Gasteiger partial charge in [0.15, 0.2) is 0 Å². The minimum absolute atomic E-state index is 0.102. The Labute approximate surface area is 129 Å². The van der Waals surface area contributed by atoms with E-state index in [4.69, 9.17) is 0 Å². The van der Waals surface area contributed by atoms with Gasteiger partial charge in [-0.1, -0.05) is 30.3 Å². The summed E-state index contributed by atoms with van der Waals surface area (Å²) in [6.45, 7) is 2.68. The van der Waals surface area contributed by atoms with Crippen LogP contribution in [0.3, 0.4) is 0 Å². The molecular weight excluding hydrogens is 278 g/mol. The van der Waals surface area contributed by atoms with Crippen molar-refractivity contribution < 1.29 is 15.0 Å². The lowest BCUT2D eigenvalue weighted by molar-refractivity contribution is 0.0745. The molecule has 2 N–H and O–H groups in total. The molecule has 0 spiro atoms. The molecule has 22 heavy (non-hydrogen) atoms. The first kappa shape index (κ1) is 14.4. The molecule has 1 saturated heterocycles. The van der Waals surface area contributed by atoms with Crippen molar-refractivity contribution in [3.63, 3.8) is 0 Å². The van der Waals surface area contributed by atoms with Crippen molar-refractivity contribution >= 4 is 5.91 Å². The molecule has 0 unspecified atom stereocenters. The molecule has 114 valence electrons. The van der Waals surface area contributed by atoms with E-state index in [0.29, 0.717) is 18.0 Å². The molecule has 3 rings (SSSR count). The predicted molar refractivity (Wildman–Crippen MR) is 84.1 cm³/mol. The first-order valence-corrected chi connectivity index (χ1v) is 7.43. The van der Waals surface area contributed by atoms with Gasteiger partial charge in [-0.15, -0.1) is 0 Å². The summed E-state index contributed by atoms with van der Waals surface area (Å²) in [7, 11) is 0. The van der Waals surface area contributed by atoms with Gasteiger partial charge in [-0.25, -0.2) is 0 Å². The van der Waals surface area contributed by atoms with Crippen LogP contribution < -0.4 is 0 Å². The Morgan fingerprint density at radius 2 is 1.73 bits per heavy atom. The number of amides is 1. The van der Waals surface area contributed by atoms with Crippen LogP contribution in [0.25, 0.3) is 0 Å². The lowest BCUT2D eigenvalue weighted by Crippen LogP contribution is -2.33. The zero-order valence-corrected chi connectivity index (χ0v) is 12.4. The fourth-order valence-corrected chi connectivity index (χ4v) is 3.17. The SMILES string of the molecule is C[C@H]1C[C@@H](c2ccccc2)CN1C(=O)c1cc(O)cc(O)c1. The normalized spacial score (nSPS) is 21.0. The number of phenolic OH excluding ortho intramolecular Hbond substituents is 2. The van der Waals surface area contributed by atoms with E-state index in [2.05, 4.69) is 12.1 Å². The molecular formula is C18H19NO3. The van der Waals surface area contributed by atoms with Crippen molar-refractivity contribution in [1.29, 1.82) is 0 Å². The van der Waals surface area contributed by atoms with E-state index in [1.54, 1.807) is 0 Å². The Hall–Kier alpha value is -2.49. The number of hydrogen-bond donors (Lipinski definition) is 2. The quantitative estimate of drug-likeness (QED) is 0.895. The Morgan fingerprint density at radius 3 is 2.36 bits per heavy atom. The molecule has 0 saturated carbocycles. The number of carbonyl (C=O) groups excluding carboxylic acids is 1. The van der Waals surface area contributed by atoms with Gasteiger partial charge < -0.3 is 15.1 Å². The zero-order chi connectivity index (χ0) is 15.7. The summed E-state index contributed by atoms with van der Waals surface area (Å²) in [5.41, 5.74) is 1.56. The number of rotatable bonds is 2. The van der Waals surface area contributed by atoms with Gasteiger partial charge in [-0.3, -0.25) is 4.79 Å². The minimum atomic E-state index is -0.155. The highest BCUT2D eigenvalue weighted by Gasteiger charge is 2.33. The molecule has 0 radical (unpaired) electrons. The summed E-state index contributed by atoms with van der Waals surface area (Å²) >= 11 is 0. The minimum Gasteiger partial charge on any atom is -0.508 e. The average Bonchev–Trinajstić information content (AvgIpc) is 2.88. The van der Waals surface area contributed by atoms with Crippen LogP contribution in [0.5, 0.6) is 11.5 Å². The Balaban J connectivity index is 1.81. The Bertz CT molecular complexity index is 664. The van der Waals surface area contributed by atoms with Crippen molar-refractivity contribution in [2.75, 3.05) is 6.54 Å². The molecule has 0 aliphatic carbocycles. The third kappa shape index (κ3) is 2.77. The van der Waals surface area contributed by atoms with Crippen molar-refractivity contribution in [3.05, 3.63) is 59.7 Å². The van der Waals surface area contributed by atoms with Crippen LogP contribution in [0.2, 0.25) is 0 Å². The van der Waals surface area contributed by atoms with Gasteiger partial charge in [-0.05, 0) is 31.0 Å². The van der Waals surface area contributed by atoms with E-state index in [1.807, 2.05) is 30.0 Å². The van der Waals surface area contributed by atoms with Crippen LogP contribution in [0.15, 0.2) is 48.5 Å². The number of phenols is 2. The van der Waals surface area contributed by atoms with E-state index in [0.717, 1.165) is 6.42 Å². The highest BCUT2D eigenvalue weighted by molar-refractivity contribution is 5.95. The molecule has 2 atom stereocenters. The fraction of sp³-hybridized carbons (Fsp3) is 0.278. The van der Waals surface area contributed by atoms with Crippen LogP contribution >= 0.6 is 0 Å². The van der Waals surface area contributed by atoms with Gasteiger partial charge in [0.2, 0.25) is 0 Å². The second kappa shape index (κ2) is 5.72. The van der Waals surface area contributed by atoms with Crippen molar-refractivity contribution in [2.24, 2.45) is 0 Å². The number of hydrogen-bond acceptors (Lipinski definition) is 3. The summed E-state index contributed by atoms with van der Waals surface area (Å²) in [4.78, 5) is 14.5. The van der Waals surface area contributed by atoms with E-state index in [9.17, 15) is 15.0 Å². The lowest BCUT2D eigenvalue weighted by atomic mass is 9.97. The molecule has 2 aromatic rings. The number of aromatic hydroxyl groups is 2. The van der Waals surface area contributed by atoms with Crippen molar-refractivity contribution in [2.45, 2.75) is 25.3 Å². The topological polar surface area (TPSA) is 60.8 Å². The number of likely N-dealkylation sites (tertiary alicyclic amines) is 1. The van der Waals surface area contributed by atoms with Gasteiger partial charge in [0.05, 0.1) is 0 Å². The zero-order valence-electron chi connectivity index (χ0n) is 12.4. The van der Waals surface area contributed by atoms with Crippen molar-refractivity contribution in [3.8, 4) is 11.5 Å². The molecule has 2 aromatic carbocycles. The number of carbonyl (C=O) groups is 1. The maximum absolute atomic E-state index is 12.6. The Kier molecular flexibility index (Phi) is 3.75. The molecule has 1 amide bonds. The van der Waals surface area contributed by atoms with E-state index in [1.165, 1.54) is 23.8 Å². The third-order valence-corrected chi connectivity index (χ3v) is 4.26. The summed E-state index contributed by atoms with van der Waals surface area (Å²) < 4.78 is 0. The van der Waals surface area contributed by atoms with Crippen molar-refractivity contribution in [1.82, 2.24) is 4.90 Å². The third-order valence-electron chi connectivity index (χ3n) is 4.26. The summed E-state index contributed by atoms with van der Waals surface area (Å²) in [5.74, 6) is -0.0344. The van der Waals surface area contributed by atoms with Crippen LogP contribution in [0.4, 0.5) is 0 Å². The molecule has 1 fully saturated rings. The maximum atomic E-state index is 12.6. The average molecular weight is 297 g/mol. The summed E-state index contributed by atoms with van der Waals surface area (Å²) in [5, 5.41) is 19.1. The molecule has 0 aromatic heterocycles. The Morgan fingerprint density at radius 1 is 1.09 bits per heavy atom. The summed E-state index contributed by atoms with van der Waals surface area (Å²) in [6.07, 6.45) is 0.917. The highest BCUT2D eigenvalue weighted by Crippen LogP contribution is 2.33. The molecule has 1 aliphatic rings. The van der Waals surface area contributed by atoms with Crippen LogP contribution in [-0.4, -0.2) is 33.6 Å². The maximum Gasteiger partial charge on any atom is 0.254 e. The molecule has 1 aliphatic heterocycles. The van der Waals surface area contributed by atoms with E-state index in [-0.39, 0.29) is 23.4 Å². The smallest absolute Gasteiger partial charge is 0.254 e.